The maximum absolute atomic E-state index is 13.7. The number of rotatable bonds is 5. The van der Waals surface area contributed by atoms with Gasteiger partial charge in [0.25, 0.3) is 0 Å². The number of halogens is 2. The monoisotopic (exact) mass is 374 g/mol. The second-order valence-corrected chi connectivity index (χ2v) is 7.37. The van der Waals surface area contributed by atoms with Crippen LogP contribution in [0.3, 0.4) is 0 Å². The molecule has 1 aliphatic carbocycles. The maximum Gasteiger partial charge on any atom is 0.339 e. The standard InChI is InChI=1S/C22H24F2O3/c1-3-14(2)15-8-16(10-20(25)9-15)21(26)27-22(6-4-5-7-22)17-11-18(23)13-19(24)12-17/h8-14,25H,3-7H2,1-2H3. The Labute approximate surface area is 158 Å². The van der Waals surface area contributed by atoms with Crippen molar-refractivity contribution in [3.05, 3.63) is 64.7 Å². The van der Waals surface area contributed by atoms with E-state index in [9.17, 15) is 18.7 Å². The van der Waals surface area contributed by atoms with Crippen LogP contribution < -0.4 is 0 Å². The summed E-state index contributed by atoms with van der Waals surface area (Å²) >= 11 is 0. The van der Waals surface area contributed by atoms with Gasteiger partial charge < -0.3 is 9.84 Å². The van der Waals surface area contributed by atoms with Crippen LogP contribution >= 0.6 is 0 Å². The predicted octanol–water partition coefficient (Wildman–Crippen LogP) is 5.81. The Bertz CT molecular complexity index is 821. The Hall–Kier alpha value is -2.43. The molecule has 1 fully saturated rings. The van der Waals surface area contributed by atoms with Crippen molar-refractivity contribution in [1.82, 2.24) is 0 Å². The minimum atomic E-state index is -1.04. The zero-order valence-electron chi connectivity index (χ0n) is 15.6. The number of phenols is 1. The summed E-state index contributed by atoms with van der Waals surface area (Å²) in [6.07, 6.45) is 3.51. The predicted molar refractivity (Wildman–Crippen MR) is 98.7 cm³/mol. The number of carbonyl (C=O) groups is 1. The Morgan fingerprint density at radius 2 is 1.74 bits per heavy atom. The molecule has 2 aromatic carbocycles. The van der Waals surface area contributed by atoms with Crippen molar-refractivity contribution in [2.75, 3.05) is 0 Å². The zero-order valence-corrected chi connectivity index (χ0v) is 15.6. The molecular formula is C22H24F2O3. The van der Waals surface area contributed by atoms with Gasteiger partial charge in [-0.2, -0.15) is 0 Å². The minimum absolute atomic E-state index is 0.00276. The van der Waals surface area contributed by atoms with E-state index in [4.69, 9.17) is 4.74 Å². The van der Waals surface area contributed by atoms with Crippen molar-refractivity contribution in [1.29, 1.82) is 0 Å². The Kier molecular flexibility index (Phi) is 5.49. The van der Waals surface area contributed by atoms with E-state index in [0.29, 0.717) is 18.4 Å². The maximum atomic E-state index is 13.7. The molecule has 1 aliphatic rings. The molecule has 0 spiro atoms. The van der Waals surface area contributed by atoms with Gasteiger partial charge in [0.05, 0.1) is 5.56 Å². The van der Waals surface area contributed by atoms with Gasteiger partial charge in [0.15, 0.2) is 0 Å². The summed E-state index contributed by atoms with van der Waals surface area (Å²) in [6, 6.07) is 7.98. The molecule has 5 heteroatoms. The van der Waals surface area contributed by atoms with Gasteiger partial charge in [0.1, 0.15) is 23.0 Å². The summed E-state index contributed by atoms with van der Waals surface area (Å²) in [7, 11) is 0. The van der Waals surface area contributed by atoms with Crippen LogP contribution in [-0.4, -0.2) is 11.1 Å². The first kappa shape index (κ1) is 19.3. The SMILES string of the molecule is CCC(C)c1cc(O)cc(C(=O)OC2(c3cc(F)cc(F)c3)CCCC2)c1. The quantitative estimate of drug-likeness (QED) is 0.672. The summed E-state index contributed by atoms with van der Waals surface area (Å²) < 4.78 is 33.3. The summed E-state index contributed by atoms with van der Waals surface area (Å²) in [4.78, 5) is 12.8. The van der Waals surface area contributed by atoms with E-state index in [-0.39, 0.29) is 17.2 Å². The van der Waals surface area contributed by atoms with E-state index in [1.165, 1.54) is 18.2 Å². The summed E-state index contributed by atoms with van der Waals surface area (Å²) in [5.41, 5.74) is 0.394. The highest BCUT2D eigenvalue weighted by Gasteiger charge is 2.40. The second-order valence-electron chi connectivity index (χ2n) is 7.37. The van der Waals surface area contributed by atoms with E-state index >= 15 is 0 Å². The number of aromatic hydroxyl groups is 1. The minimum Gasteiger partial charge on any atom is -0.508 e. The lowest BCUT2D eigenvalue weighted by molar-refractivity contribution is -0.0187. The highest BCUT2D eigenvalue weighted by atomic mass is 19.1. The number of hydrogen-bond donors (Lipinski definition) is 1. The number of ether oxygens (including phenoxy) is 1. The lowest BCUT2D eigenvalue weighted by Gasteiger charge is -2.30. The summed E-state index contributed by atoms with van der Waals surface area (Å²) in [6.45, 7) is 4.04. The molecule has 0 aliphatic heterocycles. The molecule has 0 radical (unpaired) electrons. The van der Waals surface area contributed by atoms with Crippen molar-refractivity contribution in [3.63, 3.8) is 0 Å². The highest BCUT2D eigenvalue weighted by molar-refractivity contribution is 5.90. The fourth-order valence-corrected chi connectivity index (χ4v) is 3.72. The van der Waals surface area contributed by atoms with Crippen LogP contribution in [0.15, 0.2) is 36.4 Å². The number of benzene rings is 2. The Morgan fingerprint density at radius 3 is 2.33 bits per heavy atom. The van der Waals surface area contributed by atoms with E-state index in [0.717, 1.165) is 30.9 Å². The number of phenolic OH excluding ortho intramolecular Hbond substituents is 1. The highest BCUT2D eigenvalue weighted by Crippen LogP contribution is 2.43. The zero-order chi connectivity index (χ0) is 19.6. The molecule has 0 bridgehead atoms. The summed E-state index contributed by atoms with van der Waals surface area (Å²) in [5.74, 6) is -1.80. The largest absolute Gasteiger partial charge is 0.508 e. The van der Waals surface area contributed by atoms with Gasteiger partial charge in [0.2, 0.25) is 0 Å². The van der Waals surface area contributed by atoms with E-state index in [2.05, 4.69) is 0 Å². The van der Waals surface area contributed by atoms with Crippen molar-refractivity contribution < 1.29 is 23.4 Å². The van der Waals surface area contributed by atoms with E-state index in [1.807, 2.05) is 13.8 Å². The molecule has 0 amide bonds. The molecule has 1 unspecified atom stereocenters. The van der Waals surface area contributed by atoms with Gasteiger partial charge >= 0.3 is 5.97 Å². The molecule has 27 heavy (non-hydrogen) atoms. The topological polar surface area (TPSA) is 46.5 Å². The number of carbonyl (C=O) groups excluding carboxylic acids is 1. The fourth-order valence-electron chi connectivity index (χ4n) is 3.72. The van der Waals surface area contributed by atoms with Gasteiger partial charge in [-0.3, -0.25) is 0 Å². The van der Waals surface area contributed by atoms with Gasteiger partial charge in [0, 0.05) is 11.6 Å². The normalized spacial score (nSPS) is 16.9. The lowest BCUT2D eigenvalue weighted by Crippen LogP contribution is -2.30. The Morgan fingerprint density at radius 1 is 1.11 bits per heavy atom. The Balaban J connectivity index is 1.94. The van der Waals surface area contributed by atoms with Crippen molar-refractivity contribution in [3.8, 4) is 5.75 Å². The molecule has 1 saturated carbocycles. The third-order valence-electron chi connectivity index (χ3n) is 5.45. The van der Waals surface area contributed by atoms with Crippen molar-refractivity contribution in [2.45, 2.75) is 57.5 Å². The van der Waals surface area contributed by atoms with Crippen LogP contribution in [0.4, 0.5) is 8.78 Å². The molecule has 0 aromatic heterocycles. The molecule has 3 rings (SSSR count). The van der Waals surface area contributed by atoms with Crippen LogP contribution in [-0.2, 0) is 10.3 Å². The van der Waals surface area contributed by atoms with Crippen LogP contribution in [0, 0.1) is 11.6 Å². The first-order valence-electron chi connectivity index (χ1n) is 9.37. The molecule has 1 N–H and O–H groups in total. The first-order chi connectivity index (χ1) is 12.8. The average Bonchev–Trinajstić information content (AvgIpc) is 3.09. The smallest absolute Gasteiger partial charge is 0.339 e. The molecule has 2 aromatic rings. The average molecular weight is 374 g/mol. The third kappa shape index (κ3) is 4.12. The molecule has 0 heterocycles. The van der Waals surface area contributed by atoms with Crippen LogP contribution in [0.25, 0.3) is 0 Å². The van der Waals surface area contributed by atoms with Crippen LogP contribution in [0.2, 0.25) is 0 Å². The molecule has 144 valence electrons. The molecule has 0 saturated heterocycles. The van der Waals surface area contributed by atoms with Crippen molar-refractivity contribution in [2.24, 2.45) is 0 Å². The number of hydrogen-bond acceptors (Lipinski definition) is 3. The van der Waals surface area contributed by atoms with Gasteiger partial charge in [-0.25, -0.2) is 13.6 Å². The van der Waals surface area contributed by atoms with Crippen LogP contribution in [0.1, 0.15) is 73.4 Å². The lowest BCUT2D eigenvalue weighted by atomic mass is 9.91. The summed E-state index contributed by atoms with van der Waals surface area (Å²) in [5, 5.41) is 10.00. The van der Waals surface area contributed by atoms with E-state index < -0.39 is 23.2 Å². The van der Waals surface area contributed by atoms with Gasteiger partial charge in [-0.1, -0.05) is 13.8 Å². The molecule has 1 atom stereocenters. The molecular weight excluding hydrogens is 350 g/mol. The van der Waals surface area contributed by atoms with Crippen LogP contribution in [0.5, 0.6) is 5.75 Å². The molecule has 3 nitrogen and oxygen atoms in total. The second kappa shape index (κ2) is 7.67. The third-order valence-corrected chi connectivity index (χ3v) is 5.45. The van der Waals surface area contributed by atoms with Crippen molar-refractivity contribution >= 4 is 5.97 Å². The van der Waals surface area contributed by atoms with E-state index in [1.54, 1.807) is 12.1 Å². The van der Waals surface area contributed by atoms with Gasteiger partial charge in [-0.05, 0) is 73.9 Å². The first-order valence-corrected chi connectivity index (χ1v) is 9.37. The number of esters is 1. The fraction of sp³-hybridized carbons (Fsp3) is 0.409. The van der Waals surface area contributed by atoms with Gasteiger partial charge in [-0.15, -0.1) is 0 Å².